The van der Waals surface area contributed by atoms with Gasteiger partial charge in [-0.15, -0.1) is 0 Å². The predicted octanol–water partition coefficient (Wildman–Crippen LogP) is 1.26. The molecule has 1 unspecified atom stereocenters. The SMILES string of the molecule is CCCN1CCN(C(CNC)C(C)C)CC1. The van der Waals surface area contributed by atoms with Crippen molar-refractivity contribution in [3.63, 3.8) is 0 Å². The summed E-state index contributed by atoms with van der Waals surface area (Å²) in [6, 6.07) is 0.703. The molecule has 0 bridgehead atoms. The Labute approximate surface area is 101 Å². The van der Waals surface area contributed by atoms with Crippen LogP contribution < -0.4 is 5.32 Å². The zero-order valence-corrected chi connectivity index (χ0v) is 11.5. The summed E-state index contributed by atoms with van der Waals surface area (Å²) in [6.45, 7) is 14.3. The molecule has 0 aliphatic carbocycles. The van der Waals surface area contributed by atoms with Crippen LogP contribution in [-0.4, -0.2) is 62.2 Å². The maximum Gasteiger partial charge on any atom is 0.0244 e. The first-order chi connectivity index (χ1) is 7.69. The molecule has 0 radical (unpaired) electrons. The molecule has 16 heavy (non-hydrogen) atoms. The van der Waals surface area contributed by atoms with E-state index in [0.29, 0.717) is 6.04 Å². The Morgan fingerprint density at radius 2 is 1.75 bits per heavy atom. The molecule has 0 aromatic heterocycles. The average molecular weight is 227 g/mol. The van der Waals surface area contributed by atoms with Gasteiger partial charge in [0.25, 0.3) is 0 Å². The molecule has 1 atom stereocenters. The van der Waals surface area contributed by atoms with E-state index in [1.807, 2.05) is 0 Å². The number of nitrogens with one attached hydrogen (secondary N) is 1. The van der Waals surface area contributed by atoms with Crippen molar-refractivity contribution in [2.45, 2.75) is 33.2 Å². The van der Waals surface area contributed by atoms with Crippen molar-refractivity contribution < 1.29 is 0 Å². The van der Waals surface area contributed by atoms with Crippen LogP contribution in [0.5, 0.6) is 0 Å². The van der Waals surface area contributed by atoms with Gasteiger partial charge in [0, 0.05) is 38.8 Å². The molecular weight excluding hydrogens is 198 g/mol. The lowest BCUT2D eigenvalue weighted by atomic mass is 10.0. The van der Waals surface area contributed by atoms with Crippen LogP contribution in [0.15, 0.2) is 0 Å². The van der Waals surface area contributed by atoms with Gasteiger partial charge >= 0.3 is 0 Å². The van der Waals surface area contributed by atoms with Gasteiger partial charge in [0.2, 0.25) is 0 Å². The first-order valence-electron chi connectivity index (χ1n) is 6.80. The molecule has 3 nitrogen and oxygen atoms in total. The second-order valence-electron chi connectivity index (χ2n) is 5.25. The second-order valence-corrected chi connectivity index (χ2v) is 5.25. The maximum absolute atomic E-state index is 3.33. The van der Waals surface area contributed by atoms with Crippen molar-refractivity contribution in [2.75, 3.05) is 46.3 Å². The monoisotopic (exact) mass is 227 g/mol. The summed E-state index contributed by atoms with van der Waals surface area (Å²) in [6.07, 6.45) is 1.28. The quantitative estimate of drug-likeness (QED) is 0.737. The minimum atomic E-state index is 0.703. The van der Waals surface area contributed by atoms with E-state index in [1.165, 1.54) is 39.1 Å². The van der Waals surface area contributed by atoms with Crippen LogP contribution in [0.2, 0.25) is 0 Å². The van der Waals surface area contributed by atoms with Gasteiger partial charge in [-0.05, 0) is 25.9 Å². The molecule has 1 N–H and O–H groups in total. The zero-order chi connectivity index (χ0) is 12.0. The predicted molar refractivity (Wildman–Crippen MR) is 70.9 cm³/mol. The van der Waals surface area contributed by atoms with E-state index in [0.717, 1.165) is 12.5 Å². The molecule has 1 heterocycles. The topological polar surface area (TPSA) is 18.5 Å². The molecule has 0 saturated carbocycles. The Morgan fingerprint density at radius 1 is 1.12 bits per heavy atom. The highest BCUT2D eigenvalue weighted by Gasteiger charge is 2.24. The van der Waals surface area contributed by atoms with E-state index < -0.39 is 0 Å². The lowest BCUT2D eigenvalue weighted by Crippen LogP contribution is -2.54. The van der Waals surface area contributed by atoms with Crippen LogP contribution in [0.3, 0.4) is 0 Å². The van der Waals surface area contributed by atoms with Crippen LogP contribution in [0.1, 0.15) is 27.2 Å². The molecule has 1 saturated heterocycles. The third-order valence-corrected chi connectivity index (χ3v) is 3.60. The minimum Gasteiger partial charge on any atom is -0.318 e. The average Bonchev–Trinajstić information content (AvgIpc) is 2.27. The number of hydrogen-bond donors (Lipinski definition) is 1. The van der Waals surface area contributed by atoms with Gasteiger partial charge in [0.15, 0.2) is 0 Å². The number of likely N-dealkylation sites (N-methyl/N-ethyl adjacent to an activating group) is 1. The highest BCUT2D eigenvalue weighted by atomic mass is 15.3. The Bertz CT molecular complexity index is 174. The van der Waals surface area contributed by atoms with Crippen molar-refractivity contribution in [3.8, 4) is 0 Å². The molecule has 0 spiro atoms. The second kappa shape index (κ2) is 7.25. The van der Waals surface area contributed by atoms with Crippen molar-refractivity contribution in [3.05, 3.63) is 0 Å². The fourth-order valence-electron chi connectivity index (χ4n) is 2.63. The van der Waals surface area contributed by atoms with Crippen molar-refractivity contribution in [1.29, 1.82) is 0 Å². The number of nitrogens with zero attached hydrogens (tertiary/aromatic N) is 2. The highest BCUT2D eigenvalue weighted by Crippen LogP contribution is 2.13. The molecule has 0 aromatic rings. The van der Waals surface area contributed by atoms with E-state index in [9.17, 15) is 0 Å². The number of hydrogen-bond acceptors (Lipinski definition) is 3. The van der Waals surface area contributed by atoms with Crippen LogP contribution >= 0.6 is 0 Å². The fourth-order valence-corrected chi connectivity index (χ4v) is 2.63. The summed E-state index contributed by atoms with van der Waals surface area (Å²) in [5.74, 6) is 0.741. The molecular formula is C13H29N3. The number of piperazine rings is 1. The molecule has 1 aliphatic heterocycles. The summed E-state index contributed by atoms with van der Waals surface area (Å²) in [4.78, 5) is 5.25. The van der Waals surface area contributed by atoms with E-state index in [4.69, 9.17) is 0 Å². The normalized spacial score (nSPS) is 21.6. The standard InChI is InChI=1S/C13H29N3/c1-5-6-15-7-9-16(10-8-15)13(11-14-4)12(2)3/h12-14H,5-11H2,1-4H3. The van der Waals surface area contributed by atoms with Gasteiger partial charge in [-0.25, -0.2) is 0 Å². The van der Waals surface area contributed by atoms with E-state index in [-0.39, 0.29) is 0 Å². The van der Waals surface area contributed by atoms with E-state index in [1.54, 1.807) is 0 Å². The Kier molecular flexibility index (Phi) is 6.32. The fraction of sp³-hybridized carbons (Fsp3) is 1.00. The van der Waals surface area contributed by atoms with E-state index >= 15 is 0 Å². The first-order valence-corrected chi connectivity index (χ1v) is 6.80. The van der Waals surface area contributed by atoms with Gasteiger partial charge in [-0.3, -0.25) is 4.90 Å². The summed E-state index contributed by atoms with van der Waals surface area (Å²) in [7, 11) is 2.06. The Morgan fingerprint density at radius 3 is 2.19 bits per heavy atom. The first kappa shape index (κ1) is 13.9. The molecule has 1 aliphatic rings. The number of rotatable bonds is 6. The summed E-state index contributed by atoms with van der Waals surface area (Å²) < 4.78 is 0. The molecule has 3 heteroatoms. The summed E-state index contributed by atoms with van der Waals surface area (Å²) in [5, 5.41) is 3.33. The van der Waals surface area contributed by atoms with Crippen LogP contribution in [0.25, 0.3) is 0 Å². The largest absolute Gasteiger partial charge is 0.318 e. The lowest BCUT2D eigenvalue weighted by Gasteiger charge is -2.40. The van der Waals surface area contributed by atoms with E-state index in [2.05, 4.69) is 42.9 Å². The maximum atomic E-state index is 3.33. The van der Waals surface area contributed by atoms with Crippen molar-refractivity contribution in [1.82, 2.24) is 15.1 Å². The molecule has 1 rings (SSSR count). The third kappa shape index (κ3) is 4.04. The van der Waals surface area contributed by atoms with Crippen molar-refractivity contribution in [2.24, 2.45) is 5.92 Å². The smallest absolute Gasteiger partial charge is 0.0244 e. The van der Waals surface area contributed by atoms with Crippen LogP contribution in [-0.2, 0) is 0 Å². The lowest BCUT2D eigenvalue weighted by molar-refractivity contribution is 0.0767. The van der Waals surface area contributed by atoms with Crippen LogP contribution in [0, 0.1) is 5.92 Å². The molecule has 0 amide bonds. The van der Waals surface area contributed by atoms with Gasteiger partial charge < -0.3 is 10.2 Å². The molecule has 96 valence electrons. The minimum absolute atomic E-state index is 0.703. The summed E-state index contributed by atoms with van der Waals surface area (Å²) >= 11 is 0. The van der Waals surface area contributed by atoms with Crippen LogP contribution in [0.4, 0.5) is 0 Å². The Hall–Kier alpha value is -0.120. The highest BCUT2D eigenvalue weighted by molar-refractivity contribution is 4.81. The van der Waals surface area contributed by atoms with Gasteiger partial charge in [-0.2, -0.15) is 0 Å². The third-order valence-electron chi connectivity index (χ3n) is 3.60. The molecule has 0 aromatic carbocycles. The Balaban J connectivity index is 2.38. The summed E-state index contributed by atoms with van der Waals surface area (Å²) in [5.41, 5.74) is 0. The molecule has 1 fully saturated rings. The zero-order valence-electron chi connectivity index (χ0n) is 11.5. The van der Waals surface area contributed by atoms with Gasteiger partial charge in [0.05, 0.1) is 0 Å². The van der Waals surface area contributed by atoms with Crippen molar-refractivity contribution >= 4 is 0 Å². The van der Waals surface area contributed by atoms with Gasteiger partial charge in [0.1, 0.15) is 0 Å². The van der Waals surface area contributed by atoms with Gasteiger partial charge in [-0.1, -0.05) is 20.8 Å².